The van der Waals surface area contributed by atoms with Crippen molar-refractivity contribution < 1.29 is 0 Å². The smallest absolute Gasteiger partial charge is 0.149 e. The molecule has 0 N–H and O–H groups in total. The number of rotatable bonds is 9. The number of halogens is 1. The molecule has 0 aliphatic rings. The molecule has 0 nitrogen and oxygen atoms in total. The zero-order valence-corrected chi connectivity index (χ0v) is 35.1. The van der Waals surface area contributed by atoms with Crippen molar-refractivity contribution in [2.75, 3.05) is 0 Å². The molecule has 6 aromatic carbocycles. The molecule has 0 fully saturated rings. The van der Waals surface area contributed by atoms with E-state index in [-0.39, 0.29) is 16.2 Å². The Morgan fingerprint density at radius 2 is 0.585 bits per heavy atom. The monoisotopic (exact) mass is 732 g/mol. The molecular weight excluding hydrogens is 676 g/mol. The van der Waals surface area contributed by atoms with Gasteiger partial charge in [0.1, 0.15) is 0 Å². The average molecular weight is 734 g/mol. The highest BCUT2D eigenvalue weighted by atomic mass is 35.6. The Hall–Kier alpha value is -4.17. The SMILES string of the molecule is CC(C)(C)c1ccc(Cc2cccc([Si](Cl)(c3cccc(Cc4ccc(C(C)(C)C)cc4)c3)c3cccc(Cc4ccc(C(C)(C)C)cc4)c3)c2)cc1. The molecule has 2 heteroatoms. The van der Waals surface area contributed by atoms with Crippen LogP contribution in [0.15, 0.2) is 146 Å². The lowest BCUT2D eigenvalue weighted by Gasteiger charge is -2.28. The summed E-state index contributed by atoms with van der Waals surface area (Å²) >= 11 is 8.29. The summed E-state index contributed by atoms with van der Waals surface area (Å²) in [6, 6.07) is 54.7. The maximum absolute atomic E-state index is 8.29. The van der Waals surface area contributed by atoms with Gasteiger partial charge in [0, 0.05) is 0 Å². The summed E-state index contributed by atoms with van der Waals surface area (Å²) in [5.41, 5.74) is 12.3. The molecule has 0 saturated heterocycles. The van der Waals surface area contributed by atoms with Crippen LogP contribution in [0.3, 0.4) is 0 Å². The van der Waals surface area contributed by atoms with Crippen molar-refractivity contribution in [1.82, 2.24) is 0 Å². The third-order valence-electron chi connectivity index (χ3n) is 10.7. The van der Waals surface area contributed by atoms with Gasteiger partial charge in [0.05, 0.1) is 0 Å². The van der Waals surface area contributed by atoms with Crippen molar-refractivity contribution in [1.29, 1.82) is 0 Å². The molecule has 0 amide bonds. The summed E-state index contributed by atoms with van der Waals surface area (Å²) in [6.45, 7) is 20.4. The Bertz CT molecular complexity index is 1890. The molecule has 0 heterocycles. The quantitative estimate of drug-likeness (QED) is 0.0789. The van der Waals surface area contributed by atoms with E-state index in [1.165, 1.54) is 65.6 Å². The lowest BCUT2D eigenvalue weighted by molar-refractivity contribution is 0.590. The van der Waals surface area contributed by atoms with Gasteiger partial charge < -0.3 is 0 Å². The first kappa shape index (κ1) is 38.5. The Balaban J connectivity index is 1.38. The van der Waals surface area contributed by atoms with Crippen molar-refractivity contribution in [3.8, 4) is 0 Å². The van der Waals surface area contributed by atoms with Crippen LogP contribution in [-0.4, -0.2) is 7.38 Å². The maximum Gasteiger partial charge on any atom is 0.247 e. The van der Waals surface area contributed by atoms with Crippen molar-refractivity contribution in [2.24, 2.45) is 0 Å². The molecule has 6 aromatic rings. The van der Waals surface area contributed by atoms with Gasteiger partial charge in [-0.2, -0.15) is 0 Å². The van der Waals surface area contributed by atoms with Crippen LogP contribution in [0.5, 0.6) is 0 Å². The molecule has 0 aromatic heterocycles. The van der Waals surface area contributed by atoms with Crippen LogP contribution >= 0.6 is 11.1 Å². The highest BCUT2D eigenvalue weighted by molar-refractivity contribution is 7.40. The lowest BCUT2D eigenvalue weighted by Crippen LogP contribution is -2.63. The summed E-state index contributed by atoms with van der Waals surface area (Å²) < 4.78 is 0. The van der Waals surface area contributed by atoms with E-state index in [2.05, 4.69) is 208 Å². The minimum atomic E-state index is -2.95. The molecule has 0 atom stereocenters. The topological polar surface area (TPSA) is 0 Å². The van der Waals surface area contributed by atoms with E-state index in [4.69, 9.17) is 11.1 Å². The van der Waals surface area contributed by atoms with Crippen LogP contribution in [0.1, 0.15) is 112 Å². The van der Waals surface area contributed by atoms with Gasteiger partial charge in [-0.3, -0.25) is 0 Å². The Morgan fingerprint density at radius 3 is 0.811 bits per heavy atom. The predicted molar refractivity (Wildman–Crippen MR) is 234 cm³/mol. The zero-order valence-electron chi connectivity index (χ0n) is 33.4. The van der Waals surface area contributed by atoms with E-state index in [1.54, 1.807) is 0 Å². The second-order valence-electron chi connectivity index (χ2n) is 18.1. The maximum atomic E-state index is 8.29. The number of hydrogen-bond donors (Lipinski definition) is 0. The van der Waals surface area contributed by atoms with Crippen molar-refractivity contribution >= 4 is 34.0 Å². The Kier molecular flexibility index (Phi) is 11.1. The fraction of sp³-hybridized carbons (Fsp3) is 0.294. The van der Waals surface area contributed by atoms with Crippen LogP contribution in [0, 0.1) is 0 Å². The summed E-state index contributed by atoms with van der Waals surface area (Å²) in [4.78, 5) is 0. The minimum Gasteiger partial charge on any atom is -0.149 e. The normalized spacial score (nSPS) is 12.6. The van der Waals surface area contributed by atoms with Gasteiger partial charge in [-0.25, -0.2) is 0 Å². The molecule has 272 valence electrons. The van der Waals surface area contributed by atoms with Crippen LogP contribution in [0.2, 0.25) is 0 Å². The summed E-state index contributed by atoms with van der Waals surface area (Å²) in [5, 5.41) is 3.67. The van der Waals surface area contributed by atoms with Gasteiger partial charge in [0.25, 0.3) is 0 Å². The first-order valence-electron chi connectivity index (χ1n) is 19.2. The fourth-order valence-electron chi connectivity index (χ4n) is 7.26. The van der Waals surface area contributed by atoms with Gasteiger partial charge in [-0.05, 0) is 101 Å². The molecule has 0 unspecified atom stereocenters. The average Bonchev–Trinajstić information content (AvgIpc) is 3.11. The van der Waals surface area contributed by atoms with Gasteiger partial charge >= 0.3 is 0 Å². The second kappa shape index (κ2) is 15.3. The first-order chi connectivity index (χ1) is 25.0. The molecule has 53 heavy (non-hydrogen) atoms. The van der Waals surface area contributed by atoms with Gasteiger partial charge in [-0.15, -0.1) is 11.1 Å². The van der Waals surface area contributed by atoms with Crippen LogP contribution in [0.4, 0.5) is 0 Å². The molecule has 0 spiro atoms. The van der Waals surface area contributed by atoms with E-state index in [9.17, 15) is 0 Å². The molecule has 0 saturated carbocycles. The van der Waals surface area contributed by atoms with Crippen LogP contribution in [0.25, 0.3) is 0 Å². The summed E-state index contributed by atoms with van der Waals surface area (Å²) in [6.07, 6.45) is 2.61. The fourth-order valence-corrected chi connectivity index (χ4v) is 11.5. The summed E-state index contributed by atoms with van der Waals surface area (Å²) in [7, 11) is -2.95. The number of benzene rings is 6. The lowest BCUT2D eigenvalue weighted by atomic mass is 9.86. The van der Waals surface area contributed by atoms with E-state index in [0.29, 0.717) is 0 Å². The largest absolute Gasteiger partial charge is 0.247 e. The van der Waals surface area contributed by atoms with E-state index in [1.807, 2.05) is 0 Å². The van der Waals surface area contributed by atoms with E-state index < -0.39 is 7.38 Å². The summed E-state index contributed by atoms with van der Waals surface area (Å²) in [5.74, 6) is 0. The molecule has 0 aliphatic carbocycles. The second-order valence-corrected chi connectivity index (χ2v) is 22.9. The highest BCUT2D eigenvalue weighted by Crippen LogP contribution is 2.26. The molecular formula is C51H57ClSi. The molecule has 6 rings (SSSR count). The van der Waals surface area contributed by atoms with Gasteiger partial charge in [0.2, 0.25) is 7.38 Å². The van der Waals surface area contributed by atoms with Crippen molar-refractivity contribution in [3.63, 3.8) is 0 Å². The Labute approximate surface area is 326 Å². The van der Waals surface area contributed by atoms with Crippen molar-refractivity contribution in [2.45, 2.75) is 97.8 Å². The predicted octanol–water partition coefficient (Wildman–Crippen LogP) is 11.6. The molecule has 0 radical (unpaired) electrons. The number of hydrogen-bond acceptors (Lipinski definition) is 0. The van der Waals surface area contributed by atoms with Crippen LogP contribution in [-0.2, 0) is 35.5 Å². The van der Waals surface area contributed by atoms with E-state index >= 15 is 0 Å². The highest BCUT2D eigenvalue weighted by Gasteiger charge is 2.38. The van der Waals surface area contributed by atoms with Gasteiger partial charge in [0.15, 0.2) is 0 Å². The molecule has 0 bridgehead atoms. The zero-order chi connectivity index (χ0) is 38.0. The van der Waals surface area contributed by atoms with E-state index in [0.717, 1.165) is 19.3 Å². The van der Waals surface area contributed by atoms with Crippen molar-refractivity contribution in [3.05, 3.63) is 196 Å². The van der Waals surface area contributed by atoms with Crippen LogP contribution < -0.4 is 15.6 Å². The minimum absolute atomic E-state index is 0.136. The standard InChI is InChI=1S/C51H57ClSi/c1-49(2,3)43-25-19-37(20-26-43)31-40-13-10-16-46(34-40)53(52,47-17-11-14-41(35-47)32-38-21-27-44(28-22-38)50(4,5)6)48-18-12-15-42(36-48)33-39-23-29-45(30-24-39)51(7,8)9/h10-30,34-36H,31-33H2,1-9H3. The first-order valence-corrected chi connectivity index (χ1v) is 22.3. The third kappa shape index (κ3) is 9.32. The Morgan fingerprint density at radius 1 is 0.340 bits per heavy atom. The molecule has 0 aliphatic heterocycles. The third-order valence-corrected chi connectivity index (χ3v) is 15.9. The van der Waals surface area contributed by atoms with Gasteiger partial charge in [-0.1, -0.05) is 208 Å².